The van der Waals surface area contributed by atoms with Gasteiger partial charge in [-0.05, 0) is 57.6 Å². The predicted molar refractivity (Wildman–Crippen MR) is 138 cm³/mol. The van der Waals surface area contributed by atoms with Crippen molar-refractivity contribution in [2.75, 3.05) is 17.2 Å². The van der Waals surface area contributed by atoms with E-state index in [2.05, 4.69) is 41.6 Å². The van der Waals surface area contributed by atoms with Gasteiger partial charge in [-0.3, -0.25) is 4.98 Å². The first-order chi connectivity index (χ1) is 16.4. The van der Waals surface area contributed by atoms with Crippen LogP contribution in [0.2, 0.25) is 0 Å². The minimum atomic E-state index is -0.344. The van der Waals surface area contributed by atoms with Crippen molar-refractivity contribution >= 4 is 33.3 Å². The molecule has 2 atom stereocenters. The van der Waals surface area contributed by atoms with Crippen molar-refractivity contribution in [1.29, 1.82) is 0 Å². The maximum Gasteiger partial charge on any atom is 0.225 e. The van der Waals surface area contributed by atoms with Crippen molar-refractivity contribution in [3.8, 4) is 10.6 Å². The van der Waals surface area contributed by atoms with Gasteiger partial charge in [-0.25, -0.2) is 9.97 Å². The van der Waals surface area contributed by atoms with Gasteiger partial charge in [0.25, 0.3) is 0 Å². The minimum Gasteiger partial charge on any atom is -0.396 e. The number of aryl methyl sites for hydroxylation is 1. The van der Waals surface area contributed by atoms with Crippen LogP contribution in [0.15, 0.2) is 48.8 Å². The molecular weight excluding hydrogens is 444 g/mol. The van der Waals surface area contributed by atoms with Crippen LogP contribution in [0.1, 0.15) is 44.4 Å². The van der Waals surface area contributed by atoms with Crippen LogP contribution in [-0.2, 0) is 5.54 Å². The van der Waals surface area contributed by atoms with Gasteiger partial charge >= 0.3 is 0 Å². The van der Waals surface area contributed by atoms with Crippen molar-refractivity contribution in [2.24, 2.45) is 5.92 Å². The van der Waals surface area contributed by atoms with Crippen LogP contribution in [0.5, 0.6) is 0 Å². The molecular formula is C26H30N6OS. The van der Waals surface area contributed by atoms with E-state index < -0.39 is 0 Å². The molecule has 0 bridgehead atoms. The standard InChI is InChI=1S/C26H30N6OS/c1-16-22(24-30-20-14-27-12-11-21(20)34-24)23(29-19-10-9-17(13-19)15-33)31-25(28-16)32-26(2,3)18-7-5-4-6-8-18/h4-8,11-12,14,17,19,33H,9-10,13,15H2,1-3H3,(H2,28,29,31,32)/t17-,19+/m1/s1. The molecule has 7 nitrogen and oxygen atoms in total. The van der Waals surface area contributed by atoms with E-state index in [0.29, 0.717) is 11.9 Å². The summed E-state index contributed by atoms with van der Waals surface area (Å²) in [6, 6.07) is 12.6. The second kappa shape index (κ2) is 9.27. The van der Waals surface area contributed by atoms with Crippen LogP contribution in [0.4, 0.5) is 11.8 Å². The number of benzene rings is 1. The third-order valence-electron chi connectivity index (χ3n) is 6.55. The number of fused-ring (bicyclic) bond motifs is 1. The zero-order chi connectivity index (χ0) is 23.7. The molecule has 1 aliphatic rings. The Hall–Kier alpha value is -3.10. The summed E-state index contributed by atoms with van der Waals surface area (Å²) in [4.78, 5) is 18.9. The molecule has 5 rings (SSSR count). The smallest absolute Gasteiger partial charge is 0.225 e. The van der Waals surface area contributed by atoms with Gasteiger partial charge in [0, 0.05) is 18.8 Å². The average Bonchev–Trinajstić information content (AvgIpc) is 3.45. The number of pyridine rings is 1. The zero-order valence-corrected chi connectivity index (χ0v) is 20.6. The van der Waals surface area contributed by atoms with E-state index in [4.69, 9.17) is 15.0 Å². The summed E-state index contributed by atoms with van der Waals surface area (Å²) in [5.41, 5.74) is 3.49. The molecule has 0 saturated heterocycles. The minimum absolute atomic E-state index is 0.233. The van der Waals surface area contributed by atoms with Crippen LogP contribution in [0, 0.1) is 12.8 Å². The summed E-state index contributed by atoms with van der Waals surface area (Å²) >= 11 is 1.63. The molecule has 0 unspecified atom stereocenters. The maximum absolute atomic E-state index is 9.61. The van der Waals surface area contributed by atoms with Gasteiger partial charge in [0.05, 0.1) is 27.7 Å². The first-order valence-electron chi connectivity index (χ1n) is 11.7. The third kappa shape index (κ3) is 4.60. The lowest BCUT2D eigenvalue weighted by Gasteiger charge is -2.28. The largest absolute Gasteiger partial charge is 0.396 e. The molecule has 1 aromatic carbocycles. The summed E-state index contributed by atoms with van der Waals surface area (Å²) in [5, 5.41) is 17.7. The topological polar surface area (TPSA) is 95.9 Å². The SMILES string of the molecule is Cc1nc(NC(C)(C)c2ccccc2)nc(N[C@H]2CC[C@@H](CO)C2)c1-c1nc2cnccc2s1. The predicted octanol–water partition coefficient (Wildman–Crippen LogP) is 5.38. The number of thiazole rings is 1. The molecule has 1 fully saturated rings. The Morgan fingerprint density at radius 2 is 1.91 bits per heavy atom. The molecule has 0 amide bonds. The van der Waals surface area contributed by atoms with Gasteiger partial charge in [0.2, 0.25) is 5.95 Å². The van der Waals surface area contributed by atoms with E-state index in [1.165, 1.54) is 0 Å². The van der Waals surface area contributed by atoms with E-state index in [1.807, 2.05) is 31.2 Å². The molecule has 0 radical (unpaired) electrons. The number of anilines is 2. The maximum atomic E-state index is 9.61. The molecule has 34 heavy (non-hydrogen) atoms. The van der Waals surface area contributed by atoms with E-state index in [-0.39, 0.29) is 18.2 Å². The summed E-state index contributed by atoms with van der Waals surface area (Å²) in [6.45, 7) is 6.51. The van der Waals surface area contributed by atoms with Crippen LogP contribution in [-0.4, -0.2) is 37.7 Å². The zero-order valence-electron chi connectivity index (χ0n) is 19.7. The normalized spacial score (nSPS) is 18.4. The number of hydrogen-bond acceptors (Lipinski definition) is 8. The lowest BCUT2D eigenvalue weighted by atomic mass is 9.94. The van der Waals surface area contributed by atoms with E-state index >= 15 is 0 Å². The van der Waals surface area contributed by atoms with Crippen molar-refractivity contribution in [3.63, 3.8) is 0 Å². The van der Waals surface area contributed by atoms with Crippen molar-refractivity contribution in [3.05, 3.63) is 60.0 Å². The number of aliphatic hydroxyl groups excluding tert-OH is 1. The number of aromatic nitrogens is 4. The van der Waals surface area contributed by atoms with Crippen molar-refractivity contribution < 1.29 is 5.11 Å². The Bertz CT molecular complexity index is 1260. The molecule has 3 aromatic heterocycles. The van der Waals surface area contributed by atoms with Gasteiger partial charge in [0.1, 0.15) is 16.3 Å². The Labute approximate surface area is 203 Å². The number of hydrogen-bond donors (Lipinski definition) is 3. The van der Waals surface area contributed by atoms with E-state index in [0.717, 1.165) is 57.1 Å². The highest BCUT2D eigenvalue weighted by molar-refractivity contribution is 7.21. The Kier molecular flexibility index (Phi) is 6.18. The molecule has 3 heterocycles. The monoisotopic (exact) mass is 474 g/mol. The fourth-order valence-electron chi connectivity index (χ4n) is 4.65. The Balaban J connectivity index is 1.54. The van der Waals surface area contributed by atoms with E-state index in [1.54, 1.807) is 23.7 Å². The molecule has 0 spiro atoms. The quantitative estimate of drug-likeness (QED) is 0.331. The summed E-state index contributed by atoms with van der Waals surface area (Å²) in [5.74, 6) is 1.71. The summed E-state index contributed by atoms with van der Waals surface area (Å²) in [7, 11) is 0. The van der Waals surface area contributed by atoms with Gasteiger partial charge in [-0.1, -0.05) is 30.3 Å². The third-order valence-corrected chi connectivity index (χ3v) is 7.61. The molecule has 1 saturated carbocycles. The highest BCUT2D eigenvalue weighted by atomic mass is 32.1. The fraction of sp³-hybridized carbons (Fsp3) is 0.385. The molecule has 0 aliphatic heterocycles. The van der Waals surface area contributed by atoms with Crippen molar-refractivity contribution in [2.45, 2.75) is 51.6 Å². The molecule has 8 heteroatoms. The van der Waals surface area contributed by atoms with Crippen LogP contribution in [0.25, 0.3) is 20.8 Å². The second-order valence-corrected chi connectivity index (χ2v) is 10.6. The van der Waals surface area contributed by atoms with Crippen LogP contribution >= 0.6 is 11.3 Å². The molecule has 176 valence electrons. The highest BCUT2D eigenvalue weighted by Gasteiger charge is 2.28. The lowest BCUT2D eigenvalue weighted by Crippen LogP contribution is -2.29. The van der Waals surface area contributed by atoms with Gasteiger partial charge < -0.3 is 15.7 Å². The molecule has 3 N–H and O–H groups in total. The first kappa shape index (κ1) is 22.7. The van der Waals surface area contributed by atoms with Gasteiger partial charge in [-0.15, -0.1) is 11.3 Å². The van der Waals surface area contributed by atoms with E-state index in [9.17, 15) is 5.11 Å². The first-order valence-corrected chi connectivity index (χ1v) is 12.6. The lowest BCUT2D eigenvalue weighted by molar-refractivity contribution is 0.229. The Morgan fingerprint density at radius 3 is 2.65 bits per heavy atom. The number of aliphatic hydroxyl groups is 1. The van der Waals surface area contributed by atoms with Gasteiger partial charge in [0.15, 0.2) is 0 Å². The summed E-state index contributed by atoms with van der Waals surface area (Å²) in [6.07, 6.45) is 6.54. The van der Waals surface area contributed by atoms with Crippen molar-refractivity contribution in [1.82, 2.24) is 19.9 Å². The fourth-order valence-corrected chi connectivity index (χ4v) is 5.68. The number of nitrogens with zero attached hydrogens (tertiary/aromatic N) is 4. The average molecular weight is 475 g/mol. The van der Waals surface area contributed by atoms with Crippen LogP contribution < -0.4 is 10.6 Å². The number of nitrogens with one attached hydrogen (secondary N) is 2. The number of rotatable bonds is 7. The highest BCUT2D eigenvalue weighted by Crippen LogP contribution is 2.38. The Morgan fingerprint density at radius 1 is 1.09 bits per heavy atom. The second-order valence-electron chi connectivity index (χ2n) is 9.54. The summed E-state index contributed by atoms with van der Waals surface area (Å²) < 4.78 is 1.09. The molecule has 1 aliphatic carbocycles. The van der Waals surface area contributed by atoms with Gasteiger partial charge in [-0.2, -0.15) is 4.98 Å². The van der Waals surface area contributed by atoms with Crippen LogP contribution in [0.3, 0.4) is 0 Å². The molecule has 4 aromatic rings.